The largest absolute Gasteiger partial charge is 0.357 e. The second-order valence-corrected chi connectivity index (χ2v) is 7.96. The average molecular weight is 369 g/mol. The van der Waals surface area contributed by atoms with Gasteiger partial charge in [-0.1, -0.05) is 0 Å². The summed E-state index contributed by atoms with van der Waals surface area (Å²) in [6, 6.07) is 0.334. The van der Waals surface area contributed by atoms with Gasteiger partial charge in [0, 0.05) is 31.6 Å². The molecule has 7 nitrogen and oxygen atoms in total. The monoisotopic (exact) mass is 369 g/mol. The Bertz CT molecular complexity index is 798. The van der Waals surface area contributed by atoms with Gasteiger partial charge in [-0.25, -0.2) is 12.8 Å². The number of allylic oxidation sites excluding steroid dienone is 1. The minimum atomic E-state index is -3.38. The van der Waals surface area contributed by atoms with Gasteiger partial charge in [-0.3, -0.25) is 9.59 Å². The van der Waals surface area contributed by atoms with Crippen LogP contribution in [0, 0.1) is 0 Å². The van der Waals surface area contributed by atoms with E-state index in [2.05, 4.69) is 10.6 Å². The van der Waals surface area contributed by atoms with Crippen molar-refractivity contribution in [3.05, 3.63) is 42.3 Å². The first-order valence-electron chi connectivity index (χ1n) is 7.63. The Hall–Kier alpha value is -2.42. The fourth-order valence-corrected chi connectivity index (χ4v) is 4.40. The van der Waals surface area contributed by atoms with E-state index in [1.54, 1.807) is 6.08 Å². The first-order chi connectivity index (χ1) is 11.8. The second kappa shape index (κ2) is 8.11. The van der Waals surface area contributed by atoms with Gasteiger partial charge in [0.25, 0.3) is 0 Å². The Kier molecular flexibility index (Phi) is 6.13. The maximum absolute atomic E-state index is 12.0. The third-order valence-corrected chi connectivity index (χ3v) is 5.38. The number of carbonyl (C=O) groups excluding carboxylic acids is 2. The molecule has 1 aliphatic heterocycles. The maximum Gasteiger partial charge on any atom is 0.244 e. The molecule has 1 saturated heterocycles. The van der Waals surface area contributed by atoms with Crippen molar-refractivity contribution in [2.45, 2.75) is 12.1 Å². The minimum Gasteiger partial charge on any atom is -0.357 e. The Labute approximate surface area is 145 Å². The zero-order chi connectivity index (χ0) is 18.4. The molecular weight excluding hydrogens is 349 g/mol. The summed E-state index contributed by atoms with van der Waals surface area (Å²) in [6.07, 6.45) is 8.59. The van der Waals surface area contributed by atoms with E-state index in [9.17, 15) is 22.4 Å². The summed E-state index contributed by atoms with van der Waals surface area (Å²) in [5, 5.41) is 5.09. The van der Waals surface area contributed by atoms with Crippen LogP contribution in [-0.4, -0.2) is 55.1 Å². The molecular formula is C16H20FN3O4S. The summed E-state index contributed by atoms with van der Waals surface area (Å²) >= 11 is 0. The van der Waals surface area contributed by atoms with Crippen molar-refractivity contribution < 1.29 is 22.4 Å². The topological polar surface area (TPSA) is 97.3 Å². The van der Waals surface area contributed by atoms with Crippen molar-refractivity contribution in [1.82, 2.24) is 15.2 Å². The van der Waals surface area contributed by atoms with E-state index in [0.29, 0.717) is 0 Å². The van der Waals surface area contributed by atoms with Gasteiger partial charge in [0.1, 0.15) is 6.67 Å². The van der Waals surface area contributed by atoms with Gasteiger partial charge < -0.3 is 15.2 Å². The van der Waals surface area contributed by atoms with Crippen LogP contribution >= 0.6 is 0 Å². The fourth-order valence-electron chi connectivity index (χ4n) is 2.54. The van der Waals surface area contributed by atoms with Crippen LogP contribution in [0.1, 0.15) is 5.56 Å². The number of amides is 2. The van der Waals surface area contributed by atoms with Crippen LogP contribution < -0.4 is 10.6 Å². The lowest BCUT2D eigenvalue weighted by atomic mass is 10.1. The number of carbonyl (C=O) groups is 2. The zero-order valence-electron chi connectivity index (χ0n) is 13.7. The van der Waals surface area contributed by atoms with E-state index in [4.69, 9.17) is 0 Å². The average Bonchev–Trinajstić information content (AvgIpc) is 3.06. The molecule has 0 aliphatic carbocycles. The van der Waals surface area contributed by atoms with Crippen molar-refractivity contribution in [3.63, 3.8) is 0 Å². The number of hydrogen-bond acceptors (Lipinski definition) is 4. The van der Waals surface area contributed by atoms with Gasteiger partial charge in [0.05, 0.1) is 23.6 Å². The fraction of sp³-hybridized carbons (Fsp3) is 0.375. The number of nitrogens with one attached hydrogen (secondary N) is 2. The number of aryl methyl sites for hydroxylation is 1. The maximum atomic E-state index is 12.0. The summed E-state index contributed by atoms with van der Waals surface area (Å²) in [7, 11) is -1.52. The van der Waals surface area contributed by atoms with E-state index in [1.807, 2.05) is 30.1 Å². The number of sulfone groups is 1. The molecule has 2 unspecified atom stereocenters. The van der Waals surface area contributed by atoms with Crippen LogP contribution in [0.3, 0.4) is 0 Å². The quantitative estimate of drug-likeness (QED) is 0.688. The molecule has 2 atom stereocenters. The zero-order valence-corrected chi connectivity index (χ0v) is 14.5. The number of halogens is 1. The first kappa shape index (κ1) is 18.9. The van der Waals surface area contributed by atoms with Crippen molar-refractivity contribution in [1.29, 1.82) is 0 Å². The lowest BCUT2D eigenvalue weighted by Gasteiger charge is -2.19. The molecule has 0 saturated carbocycles. The highest BCUT2D eigenvalue weighted by Gasteiger charge is 2.38. The number of aromatic nitrogens is 1. The lowest BCUT2D eigenvalue weighted by molar-refractivity contribution is -0.119. The number of rotatable bonds is 6. The Morgan fingerprint density at radius 1 is 1.24 bits per heavy atom. The van der Waals surface area contributed by atoms with Gasteiger partial charge >= 0.3 is 0 Å². The molecule has 1 fully saturated rings. The summed E-state index contributed by atoms with van der Waals surface area (Å²) in [5.41, 5.74) is 0.831. The molecule has 0 aromatic carbocycles. The van der Waals surface area contributed by atoms with E-state index in [0.717, 1.165) is 17.7 Å². The second-order valence-electron chi connectivity index (χ2n) is 5.81. The third-order valence-electron chi connectivity index (χ3n) is 3.65. The minimum absolute atomic E-state index is 0.254. The molecule has 25 heavy (non-hydrogen) atoms. The number of hydrogen-bond donors (Lipinski definition) is 2. The standard InChI is InChI=1S/C16H20FN3O4S/c1-20-8-6-12(9-20)4-5-16(22)19-14-11-25(23,24)10-13(14)18-15(21)3-2-7-17/h2-6,8-9,13-14H,7,10-11H2,1H3,(H,18,21)(H,19,22)/b3-2+,5-4+. The predicted octanol–water partition coefficient (Wildman–Crippen LogP) is -0.0380. The molecule has 1 aromatic rings. The van der Waals surface area contributed by atoms with E-state index >= 15 is 0 Å². The SMILES string of the molecule is Cn1ccc(/C=C/C(=O)NC2CS(=O)(=O)CC2NC(=O)/C=C/CF)c1. The van der Waals surface area contributed by atoms with Crippen molar-refractivity contribution in [2.24, 2.45) is 7.05 Å². The van der Waals surface area contributed by atoms with Crippen LogP contribution in [0.4, 0.5) is 4.39 Å². The smallest absolute Gasteiger partial charge is 0.244 e. The molecule has 1 aliphatic rings. The molecule has 2 rings (SSSR count). The van der Waals surface area contributed by atoms with Crippen molar-refractivity contribution in [3.8, 4) is 0 Å². The van der Waals surface area contributed by atoms with Gasteiger partial charge in [-0.2, -0.15) is 0 Å². The third kappa shape index (κ3) is 5.86. The van der Waals surface area contributed by atoms with Crippen LogP contribution in [0.25, 0.3) is 6.08 Å². The highest BCUT2D eigenvalue weighted by atomic mass is 32.2. The van der Waals surface area contributed by atoms with Crippen molar-refractivity contribution in [2.75, 3.05) is 18.2 Å². The van der Waals surface area contributed by atoms with E-state index in [1.165, 1.54) is 6.08 Å². The molecule has 2 amide bonds. The molecule has 2 N–H and O–H groups in total. The molecule has 136 valence electrons. The molecule has 2 heterocycles. The predicted molar refractivity (Wildman–Crippen MR) is 92.1 cm³/mol. The Morgan fingerprint density at radius 3 is 2.36 bits per heavy atom. The summed E-state index contributed by atoms with van der Waals surface area (Å²) in [4.78, 5) is 23.6. The first-order valence-corrected chi connectivity index (χ1v) is 9.45. The Morgan fingerprint density at radius 2 is 1.84 bits per heavy atom. The van der Waals surface area contributed by atoms with Crippen LogP contribution in [0.5, 0.6) is 0 Å². The van der Waals surface area contributed by atoms with Crippen molar-refractivity contribution >= 4 is 27.7 Å². The Balaban J connectivity index is 1.99. The molecule has 1 aromatic heterocycles. The summed E-state index contributed by atoms with van der Waals surface area (Å²) in [5.74, 6) is -1.58. The van der Waals surface area contributed by atoms with Gasteiger partial charge in [0.2, 0.25) is 11.8 Å². The molecule has 0 bridgehead atoms. The summed E-state index contributed by atoms with van der Waals surface area (Å²) in [6.45, 7) is -0.791. The highest BCUT2D eigenvalue weighted by Crippen LogP contribution is 2.13. The number of nitrogens with zero attached hydrogens (tertiary/aromatic N) is 1. The van der Waals surface area contributed by atoms with Crippen LogP contribution in [0.15, 0.2) is 36.7 Å². The van der Waals surface area contributed by atoms with Gasteiger partial charge in [-0.05, 0) is 23.8 Å². The van der Waals surface area contributed by atoms with Gasteiger partial charge in [0.15, 0.2) is 9.84 Å². The van der Waals surface area contributed by atoms with Gasteiger partial charge in [-0.15, -0.1) is 0 Å². The highest BCUT2D eigenvalue weighted by molar-refractivity contribution is 7.91. The summed E-state index contributed by atoms with van der Waals surface area (Å²) < 4.78 is 37.5. The molecule has 0 radical (unpaired) electrons. The van der Waals surface area contributed by atoms with Crippen LogP contribution in [0.2, 0.25) is 0 Å². The normalized spacial score (nSPS) is 22.5. The number of alkyl halides is 1. The lowest BCUT2D eigenvalue weighted by Crippen LogP contribution is -2.50. The molecule has 9 heteroatoms. The van der Waals surface area contributed by atoms with E-state index < -0.39 is 40.4 Å². The molecule has 0 spiro atoms. The van der Waals surface area contributed by atoms with E-state index in [-0.39, 0.29) is 11.5 Å². The van der Waals surface area contributed by atoms with Crippen LogP contribution in [-0.2, 0) is 26.5 Å².